The molecule has 4 nitrogen and oxygen atoms in total. The monoisotopic (exact) mass is 146 g/mol. The minimum absolute atomic E-state index is 0. The zero-order chi connectivity index (χ0) is 5.70. The molecule has 0 heterocycles. The van der Waals surface area contributed by atoms with Gasteiger partial charge in [0.25, 0.3) is 0 Å². The van der Waals surface area contributed by atoms with Crippen LogP contribution in [0.25, 0.3) is 0 Å². The molecule has 0 unspecified atom stereocenters. The molecule has 0 atom stereocenters. The van der Waals surface area contributed by atoms with E-state index in [4.69, 9.17) is 10.0 Å². The number of rotatable bonds is 3. The van der Waals surface area contributed by atoms with E-state index in [2.05, 4.69) is 9.39 Å². The Balaban J connectivity index is -0.000000180. The van der Waals surface area contributed by atoms with Crippen LogP contribution in [0.4, 0.5) is 0 Å². The van der Waals surface area contributed by atoms with E-state index in [0.29, 0.717) is 0 Å². The Morgan fingerprint density at radius 2 is 2.12 bits per heavy atom. The molecule has 0 aliphatic rings. The molecule has 0 aliphatic carbocycles. The summed E-state index contributed by atoms with van der Waals surface area (Å²) >= 11 is 0. The van der Waals surface area contributed by atoms with Gasteiger partial charge in [-0.05, 0) is 0 Å². The Bertz CT molecular complexity index is 47.5. The second-order valence-corrected chi connectivity index (χ2v) is 0.899. The third-order valence-corrected chi connectivity index (χ3v) is 0.335. The van der Waals surface area contributed by atoms with Gasteiger partial charge in [0.2, 0.25) is 0 Å². The summed E-state index contributed by atoms with van der Waals surface area (Å²) in [6.45, 7) is -0.0995. The summed E-state index contributed by atoms with van der Waals surface area (Å²) in [5, 5.41) is 15.9. The maximum atomic E-state index is 7.94. The summed E-state index contributed by atoms with van der Waals surface area (Å²) in [7, 11) is -0.331. The Morgan fingerprint density at radius 1 is 1.62 bits per heavy atom. The zero-order valence-electron chi connectivity index (χ0n) is 6.00. The summed E-state index contributed by atoms with van der Waals surface area (Å²) in [5.41, 5.74) is 0. The molecule has 0 spiro atoms. The van der Waals surface area contributed by atoms with Crippen molar-refractivity contribution >= 4 is 7.32 Å². The van der Waals surface area contributed by atoms with Crippen molar-refractivity contribution in [1.29, 1.82) is 0 Å². The van der Waals surface area contributed by atoms with Gasteiger partial charge in [0.1, 0.15) is 6.79 Å². The van der Waals surface area contributed by atoms with Crippen molar-refractivity contribution in [1.82, 2.24) is 0 Å². The van der Waals surface area contributed by atoms with Gasteiger partial charge in [0.05, 0.1) is 0 Å². The predicted molar refractivity (Wildman–Crippen MR) is 24.3 cm³/mol. The fourth-order valence-electron chi connectivity index (χ4n) is 0.129. The number of ether oxygens (including phenoxy) is 1. The second kappa shape index (κ2) is 8.54. The first-order valence-corrected chi connectivity index (χ1v) is 1.74. The fourth-order valence-corrected chi connectivity index (χ4v) is 0.129. The SMILES string of the molecule is COCOB(O)O.[H-].[K+]. The van der Waals surface area contributed by atoms with E-state index in [0.717, 1.165) is 0 Å². The van der Waals surface area contributed by atoms with E-state index >= 15 is 0 Å². The van der Waals surface area contributed by atoms with Crippen LogP contribution in [0, 0.1) is 0 Å². The van der Waals surface area contributed by atoms with E-state index in [1.165, 1.54) is 7.11 Å². The molecule has 0 aromatic rings. The van der Waals surface area contributed by atoms with Crippen molar-refractivity contribution in [3.8, 4) is 0 Å². The smallest absolute Gasteiger partial charge is 1.00 e. The molecule has 0 amide bonds. The molecule has 0 saturated carbocycles. The van der Waals surface area contributed by atoms with Crippen molar-refractivity contribution in [3.05, 3.63) is 0 Å². The minimum Gasteiger partial charge on any atom is -1.00 e. The van der Waals surface area contributed by atoms with E-state index in [9.17, 15) is 0 Å². The summed E-state index contributed by atoms with van der Waals surface area (Å²) in [4.78, 5) is 0. The van der Waals surface area contributed by atoms with Crippen LogP contribution in [0.1, 0.15) is 1.43 Å². The van der Waals surface area contributed by atoms with Gasteiger partial charge in [-0.25, -0.2) is 0 Å². The average molecular weight is 146 g/mol. The third-order valence-electron chi connectivity index (χ3n) is 0.335. The number of hydrogen-bond acceptors (Lipinski definition) is 4. The molecule has 0 aromatic carbocycles. The standard InChI is InChI=1S/C2H7BO4.K.H/c1-6-2-7-3(4)5;;/h4-5H,2H2,1H3;;/q;+1;-1. The Labute approximate surface area is 92.3 Å². The van der Waals surface area contributed by atoms with Gasteiger partial charge >= 0.3 is 58.7 Å². The molecule has 0 fully saturated rings. The normalized spacial score (nSPS) is 7.88. The maximum Gasteiger partial charge on any atom is 1.00 e. The van der Waals surface area contributed by atoms with Crippen LogP contribution in [0.5, 0.6) is 0 Å². The van der Waals surface area contributed by atoms with Crippen LogP contribution in [-0.2, 0) is 9.39 Å². The van der Waals surface area contributed by atoms with Crippen LogP contribution < -0.4 is 51.4 Å². The quantitative estimate of drug-likeness (QED) is 0.312. The molecule has 0 rings (SSSR count). The summed E-state index contributed by atoms with van der Waals surface area (Å²) in [6.07, 6.45) is 0. The van der Waals surface area contributed by atoms with Gasteiger partial charge in [-0.3, -0.25) is 0 Å². The van der Waals surface area contributed by atoms with Gasteiger partial charge < -0.3 is 20.9 Å². The number of hydrogen-bond donors (Lipinski definition) is 2. The van der Waals surface area contributed by atoms with Crippen LogP contribution in [-0.4, -0.2) is 31.3 Å². The summed E-state index contributed by atoms with van der Waals surface area (Å²) < 4.78 is 8.39. The van der Waals surface area contributed by atoms with Crippen molar-refractivity contribution in [2.24, 2.45) is 0 Å². The molecular weight excluding hydrogens is 138 g/mol. The van der Waals surface area contributed by atoms with E-state index in [-0.39, 0.29) is 59.6 Å². The van der Waals surface area contributed by atoms with E-state index in [1.807, 2.05) is 0 Å². The largest absolute Gasteiger partial charge is 1.00 e. The third kappa shape index (κ3) is 10.5. The minimum atomic E-state index is -1.72. The van der Waals surface area contributed by atoms with Crippen LogP contribution in [0.15, 0.2) is 0 Å². The molecule has 0 bridgehead atoms. The zero-order valence-corrected chi connectivity index (χ0v) is 8.12. The van der Waals surface area contributed by atoms with Gasteiger partial charge in [0.15, 0.2) is 0 Å². The van der Waals surface area contributed by atoms with Crippen LogP contribution in [0.3, 0.4) is 0 Å². The molecule has 8 heavy (non-hydrogen) atoms. The average Bonchev–Trinajstić information content (AvgIpc) is 1.61. The topological polar surface area (TPSA) is 58.9 Å². The number of methoxy groups -OCH3 is 1. The first-order valence-electron chi connectivity index (χ1n) is 1.74. The fraction of sp³-hybridized carbons (Fsp3) is 1.00. The van der Waals surface area contributed by atoms with Crippen molar-refractivity contribution < 1.29 is 72.3 Å². The summed E-state index contributed by atoms with van der Waals surface area (Å²) in [6, 6.07) is 0. The van der Waals surface area contributed by atoms with Crippen molar-refractivity contribution in [3.63, 3.8) is 0 Å². The first kappa shape index (κ1) is 12.2. The Morgan fingerprint density at radius 3 is 2.25 bits per heavy atom. The van der Waals surface area contributed by atoms with Crippen LogP contribution in [0.2, 0.25) is 0 Å². The summed E-state index contributed by atoms with van der Waals surface area (Å²) in [5.74, 6) is 0. The van der Waals surface area contributed by atoms with E-state index < -0.39 is 7.32 Å². The molecule has 2 N–H and O–H groups in total. The first-order chi connectivity index (χ1) is 3.27. The Hall–Kier alpha value is 1.54. The van der Waals surface area contributed by atoms with Crippen molar-refractivity contribution in [2.75, 3.05) is 13.9 Å². The van der Waals surface area contributed by atoms with Gasteiger partial charge in [-0.15, -0.1) is 0 Å². The van der Waals surface area contributed by atoms with Gasteiger partial charge in [0, 0.05) is 7.11 Å². The molecule has 44 valence electrons. The maximum absolute atomic E-state index is 7.94. The molecule has 0 aromatic heterocycles. The van der Waals surface area contributed by atoms with Gasteiger partial charge in [-0.2, -0.15) is 0 Å². The second-order valence-electron chi connectivity index (χ2n) is 0.899. The molecule has 0 aliphatic heterocycles. The molecule has 0 radical (unpaired) electrons. The van der Waals surface area contributed by atoms with Gasteiger partial charge in [-0.1, -0.05) is 0 Å². The molecule has 6 heteroatoms. The van der Waals surface area contributed by atoms with Crippen molar-refractivity contribution in [2.45, 2.75) is 0 Å². The van der Waals surface area contributed by atoms with E-state index in [1.54, 1.807) is 0 Å². The Kier molecular flexibility index (Phi) is 13.1. The molecular formula is C2H8BKO4. The predicted octanol–water partition coefficient (Wildman–Crippen LogP) is -4.31. The van der Waals surface area contributed by atoms with Crippen LogP contribution >= 0.6 is 0 Å². The molecule has 0 saturated heterocycles.